The summed E-state index contributed by atoms with van der Waals surface area (Å²) in [4.78, 5) is 27.5. The van der Waals surface area contributed by atoms with Crippen LogP contribution in [0.5, 0.6) is 5.75 Å². The highest BCUT2D eigenvalue weighted by Gasteiger charge is 2.11. The van der Waals surface area contributed by atoms with Crippen molar-refractivity contribution in [2.75, 3.05) is 11.9 Å². The Labute approximate surface area is 173 Å². The molecule has 0 saturated heterocycles. The Balaban J connectivity index is 1.44. The highest BCUT2D eigenvalue weighted by Crippen LogP contribution is 2.26. The lowest BCUT2D eigenvalue weighted by Gasteiger charge is -2.08. The molecule has 2 aromatic heterocycles. The fraction of sp³-hybridized carbons (Fsp3) is 0.286. The van der Waals surface area contributed by atoms with Crippen molar-refractivity contribution in [2.24, 2.45) is 0 Å². The van der Waals surface area contributed by atoms with E-state index in [9.17, 15) is 9.59 Å². The van der Waals surface area contributed by atoms with Gasteiger partial charge in [-0.05, 0) is 37.1 Å². The fourth-order valence-corrected chi connectivity index (χ4v) is 3.30. The molecule has 0 fully saturated rings. The molecule has 0 saturated carbocycles. The van der Waals surface area contributed by atoms with Gasteiger partial charge in [0.1, 0.15) is 17.2 Å². The molecule has 1 aromatic carbocycles. The second-order valence-corrected chi connectivity index (χ2v) is 7.34. The van der Waals surface area contributed by atoms with Crippen molar-refractivity contribution >= 4 is 28.3 Å². The van der Waals surface area contributed by atoms with E-state index in [2.05, 4.69) is 15.6 Å². The average molecular weight is 413 g/mol. The van der Waals surface area contributed by atoms with Gasteiger partial charge in [0, 0.05) is 18.7 Å². The molecule has 2 amide bonds. The number of rotatable bonds is 9. The molecule has 0 bridgehead atoms. The number of aryl methyl sites for hydroxylation is 1. The van der Waals surface area contributed by atoms with E-state index in [0.717, 1.165) is 11.3 Å². The minimum atomic E-state index is -0.120. The van der Waals surface area contributed by atoms with Crippen LogP contribution in [0.4, 0.5) is 5.13 Å². The number of para-hydroxylation sites is 1. The Morgan fingerprint density at radius 1 is 1.21 bits per heavy atom. The van der Waals surface area contributed by atoms with E-state index in [1.165, 1.54) is 18.3 Å². The quantitative estimate of drug-likeness (QED) is 0.514. The van der Waals surface area contributed by atoms with E-state index in [0.29, 0.717) is 48.3 Å². The van der Waals surface area contributed by atoms with Crippen LogP contribution in [0.15, 0.2) is 46.2 Å². The number of carbonyl (C=O) groups is 2. The van der Waals surface area contributed by atoms with Crippen LogP contribution in [-0.2, 0) is 16.1 Å². The zero-order valence-corrected chi connectivity index (χ0v) is 17.2. The van der Waals surface area contributed by atoms with Crippen LogP contribution >= 0.6 is 11.3 Å². The van der Waals surface area contributed by atoms with E-state index in [1.807, 2.05) is 36.6 Å². The number of nitrogens with zero attached hydrogens (tertiary/aromatic N) is 1. The standard InChI is InChI=1S/C21H23N3O4S/c1-14-6-3-4-7-18(14)27-11-5-8-20(26)24-21-23-17(13-29-21)19-10-9-16(28-19)12-22-15(2)25/h3-4,6-7,9-10,13H,5,8,11-12H2,1-2H3,(H,22,25)(H,23,24,26). The van der Waals surface area contributed by atoms with Gasteiger partial charge in [-0.25, -0.2) is 4.98 Å². The van der Waals surface area contributed by atoms with E-state index in [1.54, 1.807) is 12.1 Å². The average Bonchev–Trinajstić information content (AvgIpc) is 3.34. The SMILES string of the molecule is CC(=O)NCc1ccc(-c2csc(NC(=O)CCCOc3ccccc3C)n2)o1. The normalized spacial score (nSPS) is 10.6. The Hall–Kier alpha value is -3.13. The molecule has 152 valence electrons. The largest absolute Gasteiger partial charge is 0.493 e. The van der Waals surface area contributed by atoms with E-state index in [-0.39, 0.29) is 11.8 Å². The first kappa shape index (κ1) is 20.6. The molecular formula is C21H23N3O4S. The monoisotopic (exact) mass is 413 g/mol. The van der Waals surface area contributed by atoms with Crippen LogP contribution in [-0.4, -0.2) is 23.4 Å². The number of aromatic nitrogens is 1. The minimum Gasteiger partial charge on any atom is -0.493 e. The van der Waals surface area contributed by atoms with E-state index >= 15 is 0 Å². The smallest absolute Gasteiger partial charge is 0.226 e. The van der Waals surface area contributed by atoms with Gasteiger partial charge in [-0.2, -0.15) is 0 Å². The molecule has 0 aliphatic heterocycles. The molecule has 0 radical (unpaired) electrons. The van der Waals surface area contributed by atoms with Gasteiger partial charge >= 0.3 is 0 Å². The van der Waals surface area contributed by atoms with Crippen LogP contribution in [0, 0.1) is 6.92 Å². The van der Waals surface area contributed by atoms with Gasteiger partial charge < -0.3 is 19.8 Å². The van der Waals surface area contributed by atoms with Crippen LogP contribution in [0.1, 0.15) is 31.1 Å². The number of thiazole rings is 1. The van der Waals surface area contributed by atoms with Crippen molar-refractivity contribution in [3.05, 3.63) is 53.1 Å². The van der Waals surface area contributed by atoms with Crippen molar-refractivity contribution < 1.29 is 18.7 Å². The number of furan rings is 1. The molecule has 0 atom stereocenters. The predicted octanol–water partition coefficient (Wildman–Crippen LogP) is 4.15. The summed E-state index contributed by atoms with van der Waals surface area (Å²) < 4.78 is 11.4. The molecular weight excluding hydrogens is 390 g/mol. The van der Waals surface area contributed by atoms with Crippen LogP contribution < -0.4 is 15.4 Å². The van der Waals surface area contributed by atoms with Gasteiger partial charge in [0.05, 0.1) is 13.2 Å². The molecule has 0 spiro atoms. The van der Waals surface area contributed by atoms with Crippen LogP contribution in [0.2, 0.25) is 0 Å². The molecule has 0 unspecified atom stereocenters. The van der Waals surface area contributed by atoms with E-state index < -0.39 is 0 Å². The van der Waals surface area contributed by atoms with Gasteiger partial charge in [0.2, 0.25) is 11.8 Å². The highest BCUT2D eigenvalue weighted by atomic mass is 32.1. The van der Waals surface area contributed by atoms with Crippen molar-refractivity contribution in [2.45, 2.75) is 33.2 Å². The zero-order valence-electron chi connectivity index (χ0n) is 16.4. The van der Waals surface area contributed by atoms with Crippen molar-refractivity contribution in [1.82, 2.24) is 10.3 Å². The first-order chi connectivity index (χ1) is 14.0. The number of hydrogen-bond acceptors (Lipinski definition) is 6. The number of ether oxygens (including phenoxy) is 1. The Bertz CT molecular complexity index is 980. The summed E-state index contributed by atoms with van der Waals surface area (Å²) in [7, 11) is 0. The van der Waals surface area contributed by atoms with Gasteiger partial charge in [0.15, 0.2) is 10.9 Å². The van der Waals surface area contributed by atoms with Gasteiger partial charge in [-0.15, -0.1) is 11.3 Å². The zero-order chi connectivity index (χ0) is 20.6. The molecule has 29 heavy (non-hydrogen) atoms. The summed E-state index contributed by atoms with van der Waals surface area (Å²) in [5, 5.41) is 7.82. The topological polar surface area (TPSA) is 93.5 Å². The lowest BCUT2D eigenvalue weighted by atomic mass is 10.2. The maximum Gasteiger partial charge on any atom is 0.226 e. The number of amides is 2. The van der Waals surface area contributed by atoms with Crippen molar-refractivity contribution in [1.29, 1.82) is 0 Å². The minimum absolute atomic E-state index is 0.106. The highest BCUT2D eigenvalue weighted by molar-refractivity contribution is 7.14. The lowest BCUT2D eigenvalue weighted by molar-refractivity contribution is -0.119. The maximum absolute atomic E-state index is 12.1. The fourth-order valence-electron chi connectivity index (χ4n) is 2.58. The summed E-state index contributed by atoms with van der Waals surface area (Å²) in [5.74, 6) is 1.85. The first-order valence-corrected chi connectivity index (χ1v) is 10.2. The molecule has 8 heteroatoms. The molecule has 0 aliphatic carbocycles. The third-order valence-electron chi connectivity index (χ3n) is 4.08. The number of anilines is 1. The van der Waals surface area contributed by atoms with Crippen LogP contribution in [0.3, 0.4) is 0 Å². The second kappa shape index (κ2) is 9.88. The number of hydrogen-bond donors (Lipinski definition) is 2. The summed E-state index contributed by atoms with van der Waals surface area (Å²) in [6.45, 7) is 4.25. The number of carbonyl (C=O) groups excluding carboxylic acids is 2. The third-order valence-corrected chi connectivity index (χ3v) is 4.83. The summed E-state index contributed by atoms with van der Waals surface area (Å²) >= 11 is 1.33. The van der Waals surface area contributed by atoms with E-state index in [4.69, 9.17) is 9.15 Å². The molecule has 7 nitrogen and oxygen atoms in total. The molecule has 3 rings (SSSR count). The Morgan fingerprint density at radius 2 is 2.03 bits per heavy atom. The third kappa shape index (κ3) is 6.18. The molecule has 2 N–H and O–H groups in total. The maximum atomic E-state index is 12.1. The molecule has 2 heterocycles. The van der Waals surface area contributed by atoms with Crippen LogP contribution in [0.25, 0.3) is 11.5 Å². The lowest BCUT2D eigenvalue weighted by Crippen LogP contribution is -2.18. The Morgan fingerprint density at radius 3 is 2.83 bits per heavy atom. The van der Waals surface area contributed by atoms with Gasteiger partial charge in [-0.1, -0.05) is 18.2 Å². The Kier molecular flexibility index (Phi) is 7.02. The predicted molar refractivity (Wildman–Crippen MR) is 112 cm³/mol. The summed E-state index contributed by atoms with van der Waals surface area (Å²) in [6.07, 6.45) is 0.964. The van der Waals surface area contributed by atoms with Crippen molar-refractivity contribution in [3.8, 4) is 17.2 Å². The molecule has 0 aliphatic rings. The molecule has 3 aromatic rings. The number of benzene rings is 1. The van der Waals surface area contributed by atoms with Gasteiger partial charge in [-0.3, -0.25) is 9.59 Å². The summed E-state index contributed by atoms with van der Waals surface area (Å²) in [5.41, 5.74) is 1.72. The first-order valence-electron chi connectivity index (χ1n) is 9.28. The summed E-state index contributed by atoms with van der Waals surface area (Å²) in [6, 6.07) is 11.4. The van der Waals surface area contributed by atoms with Crippen molar-refractivity contribution in [3.63, 3.8) is 0 Å². The number of nitrogens with one attached hydrogen (secondary N) is 2. The second-order valence-electron chi connectivity index (χ2n) is 6.48. The van der Waals surface area contributed by atoms with Gasteiger partial charge in [0.25, 0.3) is 0 Å².